The van der Waals surface area contributed by atoms with Crippen molar-refractivity contribution >= 4 is 16.5 Å². The van der Waals surface area contributed by atoms with Crippen LogP contribution in [0.2, 0.25) is 0 Å². The van der Waals surface area contributed by atoms with E-state index in [-0.39, 0.29) is 0 Å². The molecular weight excluding hydrogens is 222 g/mol. The number of nitrogens with two attached hydrogens (primary N) is 1. The minimum absolute atomic E-state index is 0.584. The molecule has 0 aliphatic rings. The maximum atomic E-state index is 11.8. The Labute approximate surface area is 99.4 Å². The van der Waals surface area contributed by atoms with Crippen LogP contribution in [0.3, 0.4) is 0 Å². The fourth-order valence-electron chi connectivity index (χ4n) is 1.47. The lowest BCUT2D eigenvalue weighted by Gasteiger charge is -2.08. The molecule has 0 radical (unpaired) electrons. The van der Waals surface area contributed by atoms with E-state index < -0.39 is 10.8 Å². The highest BCUT2D eigenvalue weighted by atomic mass is 32.2. The van der Waals surface area contributed by atoms with E-state index in [1.165, 1.54) is 0 Å². The number of anilines is 1. The fourth-order valence-corrected chi connectivity index (χ4v) is 2.71. The smallest absolute Gasteiger partial charge is 0.0489 e. The SMILES string of the molecule is COCCCS(=O)Cc1cccc(N)c1C. The van der Waals surface area contributed by atoms with Crippen molar-refractivity contribution in [2.75, 3.05) is 25.2 Å². The molecule has 16 heavy (non-hydrogen) atoms. The summed E-state index contributed by atoms with van der Waals surface area (Å²) in [5, 5.41) is 0. The molecule has 3 nitrogen and oxygen atoms in total. The van der Waals surface area contributed by atoms with Gasteiger partial charge in [0.25, 0.3) is 0 Å². The molecule has 90 valence electrons. The fraction of sp³-hybridized carbons (Fsp3) is 0.500. The minimum atomic E-state index is -0.827. The van der Waals surface area contributed by atoms with Crippen molar-refractivity contribution in [3.63, 3.8) is 0 Å². The van der Waals surface area contributed by atoms with E-state index in [1.54, 1.807) is 7.11 Å². The summed E-state index contributed by atoms with van der Waals surface area (Å²) in [5.41, 5.74) is 8.69. The Morgan fingerprint density at radius 3 is 2.88 bits per heavy atom. The average molecular weight is 241 g/mol. The van der Waals surface area contributed by atoms with E-state index in [1.807, 2.05) is 25.1 Å². The summed E-state index contributed by atoms with van der Waals surface area (Å²) >= 11 is 0. The van der Waals surface area contributed by atoms with E-state index in [9.17, 15) is 4.21 Å². The van der Waals surface area contributed by atoms with Gasteiger partial charge in [-0.25, -0.2) is 0 Å². The Balaban J connectivity index is 2.53. The van der Waals surface area contributed by atoms with Gasteiger partial charge in [-0.2, -0.15) is 0 Å². The van der Waals surface area contributed by atoms with Gasteiger partial charge in [-0.05, 0) is 30.5 Å². The first-order chi connectivity index (χ1) is 7.65. The molecule has 2 N–H and O–H groups in total. The summed E-state index contributed by atoms with van der Waals surface area (Å²) in [7, 11) is 0.831. The molecule has 0 aliphatic carbocycles. The lowest BCUT2D eigenvalue weighted by atomic mass is 10.1. The number of ether oxygens (including phenoxy) is 1. The number of hydrogen-bond acceptors (Lipinski definition) is 3. The number of nitrogen functional groups attached to an aromatic ring is 1. The molecule has 0 spiro atoms. The lowest BCUT2D eigenvalue weighted by Crippen LogP contribution is -2.05. The third kappa shape index (κ3) is 3.94. The minimum Gasteiger partial charge on any atom is -0.399 e. The topological polar surface area (TPSA) is 52.3 Å². The highest BCUT2D eigenvalue weighted by molar-refractivity contribution is 7.84. The largest absolute Gasteiger partial charge is 0.399 e. The van der Waals surface area contributed by atoms with Crippen LogP contribution in [0.25, 0.3) is 0 Å². The molecule has 1 aromatic rings. The summed E-state index contributed by atoms with van der Waals surface area (Å²) < 4.78 is 16.7. The maximum absolute atomic E-state index is 11.8. The van der Waals surface area contributed by atoms with E-state index in [0.29, 0.717) is 18.1 Å². The number of rotatable bonds is 6. The Morgan fingerprint density at radius 1 is 1.44 bits per heavy atom. The van der Waals surface area contributed by atoms with Gasteiger partial charge in [0.2, 0.25) is 0 Å². The predicted octanol–water partition coefficient (Wildman–Crippen LogP) is 1.86. The standard InChI is InChI=1S/C12H19NO2S/c1-10-11(5-3-6-12(10)13)9-16(14)8-4-7-15-2/h3,5-6H,4,7-9,13H2,1-2H3. The zero-order valence-electron chi connectivity index (χ0n) is 9.86. The van der Waals surface area contributed by atoms with Crippen molar-refractivity contribution < 1.29 is 8.95 Å². The van der Waals surface area contributed by atoms with Gasteiger partial charge in [0, 0.05) is 41.7 Å². The quantitative estimate of drug-likeness (QED) is 0.611. The monoisotopic (exact) mass is 241 g/mol. The molecule has 1 atom stereocenters. The number of hydrogen-bond donors (Lipinski definition) is 1. The van der Waals surface area contributed by atoms with Crippen molar-refractivity contribution in [2.45, 2.75) is 19.1 Å². The molecule has 4 heteroatoms. The van der Waals surface area contributed by atoms with Gasteiger partial charge >= 0.3 is 0 Å². The van der Waals surface area contributed by atoms with Crippen LogP contribution in [0.5, 0.6) is 0 Å². The van der Waals surface area contributed by atoms with Gasteiger partial charge in [-0.15, -0.1) is 0 Å². The molecule has 0 amide bonds. The van der Waals surface area contributed by atoms with Crippen LogP contribution in [-0.2, 0) is 21.3 Å². The molecule has 0 saturated heterocycles. The molecule has 0 aromatic heterocycles. The lowest BCUT2D eigenvalue weighted by molar-refractivity contribution is 0.200. The molecule has 1 unspecified atom stereocenters. The van der Waals surface area contributed by atoms with E-state index in [0.717, 1.165) is 23.2 Å². The van der Waals surface area contributed by atoms with Gasteiger partial charge in [-0.3, -0.25) is 4.21 Å². The van der Waals surface area contributed by atoms with Crippen LogP contribution >= 0.6 is 0 Å². The molecule has 0 bridgehead atoms. The zero-order valence-corrected chi connectivity index (χ0v) is 10.7. The van der Waals surface area contributed by atoms with E-state index >= 15 is 0 Å². The normalized spacial score (nSPS) is 12.6. The third-order valence-corrected chi connectivity index (χ3v) is 3.90. The number of methoxy groups -OCH3 is 1. The van der Waals surface area contributed by atoms with Gasteiger partial charge in [-0.1, -0.05) is 12.1 Å². The van der Waals surface area contributed by atoms with Crippen molar-refractivity contribution in [3.8, 4) is 0 Å². The highest BCUT2D eigenvalue weighted by Gasteiger charge is 2.06. The van der Waals surface area contributed by atoms with Gasteiger partial charge in [0.1, 0.15) is 0 Å². The summed E-state index contributed by atoms with van der Waals surface area (Å²) in [6.07, 6.45) is 0.838. The second-order valence-electron chi connectivity index (χ2n) is 3.77. The first kappa shape index (κ1) is 13.2. The Bertz CT molecular complexity index is 366. The molecular formula is C12H19NO2S. The van der Waals surface area contributed by atoms with Gasteiger partial charge in [0.05, 0.1) is 0 Å². The summed E-state index contributed by atoms with van der Waals surface area (Å²) in [5.74, 6) is 1.27. The summed E-state index contributed by atoms with van der Waals surface area (Å²) in [6.45, 7) is 2.64. The van der Waals surface area contributed by atoms with Crippen molar-refractivity contribution in [1.82, 2.24) is 0 Å². The molecule has 0 aliphatic heterocycles. The summed E-state index contributed by atoms with van der Waals surface area (Å²) in [6, 6.07) is 5.76. The molecule has 1 rings (SSSR count). The van der Waals surface area contributed by atoms with Crippen LogP contribution < -0.4 is 5.73 Å². The summed E-state index contributed by atoms with van der Waals surface area (Å²) in [4.78, 5) is 0. The molecule has 0 heterocycles. The highest BCUT2D eigenvalue weighted by Crippen LogP contribution is 2.17. The van der Waals surface area contributed by atoms with Crippen molar-refractivity contribution in [1.29, 1.82) is 0 Å². The van der Waals surface area contributed by atoms with E-state index in [2.05, 4.69) is 0 Å². The molecule has 1 aromatic carbocycles. The molecule has 0 saturated carbocycles. The Morgan fingerprint density at radius 2 is 2.19 bits per heavy atom. The third-order valence-electron chi connectivity index (χ3n) is 2.52. The van der Waals surface area contributed by atoms with Crippen LogP contribution in [0, 0.1) is 6.92 Å². The number of benzene rings is 1. The van der Waals surface area contributed by atoms with Crippen molar-refractivity contribution in [2.24, 2.45) is 0 Å². The zero-order chi connectivity index (χ0) is 12.0. The average Bonchev–Trinajstić information content (AvgIpc) is 2.25. The Hall–Kier alpha value is -0.870. The van der Waals surface area contributed by atoms with Crippen LogP contribution in [0.15, 0.2) is 18.2 Å². The van der Waals surface area contributed by atoms with Crippen LogP contribution in [0.4, 0.5) is 5.69 Å². The van der Waals surface area contributed by atoms with Crippen LogP contribution in [-0.4, -0.2) is 23.7 Å². The van der Waals surface area contributed by atoms with Crippen molar-refractivity contribution in [3.05, 3.63) is 29.3 Å². The molecule has 0 fully saturated rings. The maximum Gasteiger partial charge on any atom is 0.0489 e. The Kier molecular flexibility index (Phi) is 5.49. The second-order valence-corrected chi connectivity index (χ2v) is 5.34. The van der Waals surface area contributed by atoms with Gasteiger partial charge in [0.15, 0.2) is 0 Å². The first-order valence-corrected chi connectivity index (χ1v) is 6.82. The predicted molar refractivity (Wildman–Crippen MR) is 68.8 cm³/mol. The van der Waals surface area contributed by atoms with E-state index in [4.69, 9.17) is 10.5 Å². The second kappa shape index (κ2) is 6.66. The van der Waals surface area contributed by atoms with Crippen LogP contribution in [0.1, 0.15) is 17.5 Å². The van der Waals surface area contributed by atoms with Gasteiger partial charge < -0.3 is 10.5 Å². The first-order valence-electron chi connectivity index (χ1n) is 5.33.